The fourth-order valence-corrected chi connectivity index (χ4v) is 2.15. The summed E-state index contributed by atoms with van der Waals surface area (Å²) < 4.78 is 5.20. The van der Waals surface area contributed by atoms with Gasteiger partial charge in [-0.05, 0) is 35.0 Å². The van der Waals surface area contributed by atoms with E-state index >= 15 is 0 Å². The lowest BCUT2D eigenvalue weighted by Crippen LogP contribution is -2.29. The van der Waals surface area contributed by atoms with Gasteiger partial charge in [0.2, 0.25) is 0 Å². The number of ether oxygens (including phenoxy) is 1. The molecule has 0 amide bonds. The average molecular weight is 261 g/mol. The van der Waals surface area contributed by atoms with Gasteiger partial charge >= 0.3 is 0 Å². The predicted octanol–water partition coefficient (Wildman–Crippen LogP) is 1.64. The van der Waals surface area contributed by atoms with Crippen LogP contribution in [0.4, 0.5) is 5.69 Å². The highest BCUT2D eigenvalue weighted by Gasteiger charge is 2.06. The lowest BCUT2D eigenvalue weighted by atomic mass is 10.1. The molecule has 102 valence electrons. The van der Waals surface area contributed by atoms with Gasteiger partial charge in [0.1, 0.15) is 5.75 Å². The second-order valence-corrected chi connectivity index (χ2v) is 4.33. The first kappa shape index (κ1) is 13.6. The lowest BCUT2D eigenvalue weighted by molar-refractivity contribution is 0.281. The number of aliphatic hydroxyl groups is 2. The van der Waals surface area contributed by atoms with Crippen molar-refractivity contribution in [2.45, 2.75) is 0 Å². The van der Waals surface area contributed by atoms with Crippen LogP contribution >= 0.6 is 0 Å². The molecule has 4 heteroatoms. The van der Waals surface area contributed by atoms with E-state index in [1.165, 1.54) is 0 Å². The quantitative estimate of drug-likeness (QED) is 0.830. The molecule has 0 unspecified atom stereocenters. The number of hydrogen-bond donors (Lipinski definition) is 2. The second kappa shape index (κ2) is 6.41. The maximum Gasteiger partial charge on any atom is 0.119 e. The number of benzene rings is 2. The molecular formula is C15H19NO3. The van der Waals surface area contributed by atoms with Crippen LogP contribution in [0.2, 0.25) is 0 Å². The van der Waals surface area contributed by atoms with Gasteiger partial charge in [0.05, 0.1) is 20.3 Å². The van der Waals surface area contributed by atoms with Gasteiger partial charge in [0.15, 0.2) is 0 Å². The van der Waals surface area contributed by atoms with Gasteiger partial charge in [-0.25, -0.2) is 0 Å². The summed E-state index contributed by atoms with van der Waals surface area (Å²) in [5.74, 6) is 0.836. The molecule has 0 aliphatic heterocycles. The molecule has 2 aromatic carbocycles. The molecule has 0 aliphatic rings. The van der Waals surface area contributed by atoms with Gasteiger partial charge in [0.25, 0.3) is 0 Å². The van der Waals surface area contributed by atoms with E-state index in [0.29, 0.717) is 13.1 Å². The molecule has 2 aromatic rings. The Kier molecular flexibility index (Phi) is 4.60. The SMILES string of the molecule is COc1ccc2cc(N(CCO)CCO)ccc2c1. The molecule has 2 N–H and O–H groups in total. The smallest absolute Gasteiger partial charge is 0.119 e. The zero-order valence-corrected chi connectivity index (χ0v) is 11.0. The minimum Gasteiger partial charge on any atom is -0.497 e. The van der Waals surface area contributed by atoms with Gasteiger partial charge in [-0.1, -0.05) is 12.1 Å². The van der Waals surface area contributed by atoms with E-state index in [1.54, 1.807) is 7.11 Å². The van der Waals surface area contributed by atoms with Crippen molar-refractivity contribution in [1.29, 1.82) is 0 Å². The summed E-state index contributed by atoms with van der Waals surface area (Å²) in [4.78, 5) is 1.96. The Morgan fingerprint density at radius 2 is 1.58 bits per heavy atom. The number of fused-ring (bicyclic) bond motifs is 1. The third-order valence-corrected chi connectivity index (χ3v) is 3.14. The summed E-state index contributed by atoms with van der Waals surface area (Å²) >= 11 is 0. The number of nitrogens with zero attached hydrogens (tertiary/aromatic N) is 1. The summed E-state index contributed by atoms with van der Waals surface area (Å²) in [7, 11) is 1.65. The number of hydrogen-bond acceptors (Lipinski definition) is 4. The van der Waals surface area contributed by atoms with Crippen LogP contribution in [0.1, 0.15) is 0 Å². The Labute approximate surface area is 112 Å². The Balaban J connectivity index is 2.34. The van der Waals surface area contributed by atoms with Crippen molar-refractivity contribution in [2.75, 3.05) is 38.3 Å². The van der Waals surface area contributed by atoms with Gasteiger partial charge in [-0.2, -0.15) is 0 Å². The van der Waals surface area contributed by atoms with Gasteiger partial charge in [0, 0.05) is 18.8 Å². The topological polar surface area (TPSA) is 52.9 Å². The summed E-state index contributed by atoms with van der Waals surface area (Å²) in [6.45, 7) is 1.17. The Morgan fingerprint density at radius 3 is 2.21 bits per heavy atom. The van der Waals surface area contributed by atoms with Crippen molar-refractivity contribution in [2.24, 2.45) is 0 Å². The second-order valence-electron chi connectivity index (χ2n) is 4.33. The Morgan fingerprint density at radius 1 is 0.947 bits per heavy atom. The van der Waals surface area contributed by atoms with Crippen LogP contribution in [0, 0.1) is 0 Å². The van der Waals surface area contributed by atoms with Crippen LogP contribution in [0.15, 0.2) is 36.4 Å². The number of anilines is 1. The first-order valence-corrected chi connectivity index (χ1v) is 6.33. The lowest BCUT2D eigenvalue weighted by Gasteiger charge is -2.23. The number of aliphatic hydroxyl groups excluding tert-OH is 2. The van der Waals surface area contributed by atoms with Crippen molar-refractivity contribution in [1.82, 2.24) is 0 Å². The van der Waals surface area contributed by atoms with Crippen LogP contribution < -0.4 is 9.64 Å². The highest BCUT2D eigenvalue weighted by Crippen LogP contribution is 2.25. The summed E-state index contributed by atoms with van der Waals surface area (Å²) in [6.07, 6.45) is 0. The van der Waals surface area contributed by atoms with Crippen molar-refractivity contribution >= 4 is 16.5 Å². The Hall–Kier alpha value is -1.78. The number of methoxy groups -OCH3 is 1. The van der Waals surface area contributed by atoms with Gasteiger partial charge in [-0.3, -0.25) is 0 Å². The molecule has 0 saturated heterocycles. The predicted molar refractivity (Wildman–Crippen MR) is 76.9 cm³/mol. The highest BCUT2D eigenvalue weighted by molar-refractivity contribution is 5.87. The molecule has 0 bridgehead atoms. The minimum atomic E-state index is 0.0701. The van der Waals surface area contributed by atoms with Gasteiger partial charge < -0.3 is 19.8 Å². The molecule has 19 heavy (non-hydrogen) atoms. The maximum absolute atomic E-state index is 9.07. The first-order valence-electron chi connectivity index (χ1n) is 6.33. The third-order valence-electron chi connectivity index (χ3n) is 3.14. The van der Waals surface area contributed by atoms with E-state index in [-0.39, 0.29) is 13.2 Å². The molecular weight excluding hydrogens is 242 g/mol. The number of rotatable bonds is 6. The van der Waals surface area contributed by atoms with E-state index in [2.05, 4.69) is 6.07 Å². The largest absolute Gasteiger partial charge is 0.497 e. The fourth-order valence-electron chi connectivity index (χ4n) is 2.15. The third kappa shape index (κ3) is 3.16. The molecule has 2 rings (SSSR count). The summed E-state index contributed by atoms with van der Waals surface area (Å²) in [5, 5.41) is 20.4. The molecule has 0 saturated carbocycles. The molecule has 0 aromatic heterocycles. The van der Waals surface area contributed by atoms with Crippen molar-refractivity contribution in [3.05, 3.63) is 36.4 Å². The molecule has 4 nitrogen and oxygen atoms in total. The molecule has 0 heterocycles. The minimum absolute atomic E-state index is 0.0701. The summed E-state index contributed by atoms with van der Waals surface area (Å²) in [6, 6.07) is 12.0. The molecule has 0 spiro atoms. The normalized spacial score (nSPS) is 10.7. The van der Waals surface area contributed by atoms with Crippen molar-refractivity contribution in [3.63, 3.8) is 0 Å². The van der Waals surface area contributed by atoms with E-state index in [1.807, 2.05) is 35.2 Å². The molecule has 0 aliphatic carbocycles. The zero-order chi connectivity index (χ0) is 13.7. The van der Waals surface area contributed by atoms with Crippen LogP contribution in [0.3, 0.4) is 0 Å². The monoisotopic (exact) mass is 261 g/mol. The molecule has 0 fully saturated rings. The van der Waals surface area contributed by atoms with E-state index in [0.717, 1.165) is 22.2 Å². The first-order chi connectivity index (χ1) is 9.28. The standard InChI is InChI=1S/C15H19NO3/c1-19-15-5-3-12-10-14(4-2-13(12)11-15)16(6-8-17)7-9-18/h2-5,10-11,17-18H,6-9H2,1H3. The van der Waals surface area contributed by atoms with Crippen LogP contribution in [0.25, 0.3) is 10.8 Å². The average Bonchev–Trinajstić information content (AvgIpc) is 2.46. The van der Waals surface area contributed by atoms with Crippen LogP contribution in [0.5, 0.6) is 5.75 Å². The van der Waals surface area contributed by atoms with Crippen molar-refractivity contribution < 1.29 is 14.9 Å². The molecule has 0 radical (unpaired) electrons. The zero-order valence-electron chi connectivity index (χ0n) is 11.0. The van der Waals surface area contributed by atoms with E-state index in [4.69, 9.17) is 14.9 Å². The molecule has 0 atom stereocenters. The summed E-state index contributed by atoms with van der Waals surface area (Å²) in [5.41, 5.74) is 1.00. The van der Waals surface area contributed by atoms with Crippen LogP contribution in [-0.4, -0.2) is 43.6 Å². The van der Waals surface area contributed by atoms with Crippen LogP contribution in [-0.2, 0) is 0 Å². The van der Waals surface area contributed by atoms with Crippen molar-refractivity contribution in [3.8, 4) is 5.75 Å². The Bertz CT molecular complexity index is 536. The fraction of sp³-hybridized carbons (Fsp3) is 0.333. The highest BCUT2D eigenvalue weighted by atomic mass is 16.5. The van der Waals surface area contributed by atoms with E-state index < -0.39 is 0 Å². The maximum atomic E-state index is 9.07. The van der Waals surface area contributed by atoms with Gasteiger partial charge in [-0.15, -0.1) is 0 Å². The van der Waals surface area contributed by atoms with E-state index in [9.17, 15) is 0 Å².